The van der Waals surface area contributed by atoms with Crippen LogP contribution in [0.2, 0.25) is 0 Å². The summed E-state index contributed by atoms with van der Waals surface area (Å²) in [4.78, 5) is 0. The Morgan fingerprint density at radius 3 is 0.952 bits per heavy atom. The Morgan fingerprint density at radius 1 is 0.476 bits per heavy atom. The van der Waals surface area contributed by atoms with Gasteiger partial charge in [0, 0.05) is 11.1 Å². The monoisotopic (exact) mass is 616 g/mol. The zero-order chi connectivity index (χ0) is 31.3. The SMILES string of the molecule is C[N+](C)(Cc1ccccc1)c1ccccc1.C[N+](C)(Cc1ccccc1)c1ccccc1.O=S(=O)([O-])OOS(=O)(=O)[O-]. The first-order valence-electron chi connectivity index (χ1n) is 12.7. The molecule has 0 aliphatic carbocycles. The number of hydrogen-bond donors (Lipinski definition) is 0. The van der Waals surface area contributed by atoms with Gasteiger partial charge in [-0.1, -0.05) is 97.1 Å². The average Bonchev–Trinajstić information content (AvgIpc) is 2.94. The maximum atomic E-state index is 9.37. The molecule has 12 heteroatoms. The van der Waals surface area contributed by atoms with Gasteiger partial charge in [-0.25, -0.2) is 16.8 Å². The van der Waals surface area contributed by atoms with Crippen LogP contribution >= 0.6 is 0 Å². The van der Waals surface area contributed by atoms with Gasteiger partial charge in [0.2, 0.25) is 20.8 Å². The summed E-state index contributed by atoms with van der Waals surface area (Å²) in [6.07, 6.45) is 0. The molecule has 0 unspecified atom stereocenters. The lowest BCUT2D eigenvalue weighted by Gasteiger charge is -2.29. The van der Waals surface area contributed by atoms with Crippen LogP contribution in [0.1, 0.15) is 11.1 Å². The van der Waals surface area contributed by atoms with E-state index in [1.165, 1.54) is 22.5 Å². The van der Waals surface area contributed by atoms with Crippen molar-refractivity contribution in [2.24, 2.45) is 0 Å². The Balaban J connectivity index is 0.000000228. The second-order valence-corrected chi connectivity index (χ2v) is 12.2. The largest absolute Gasteiger partial charge is 0.724 e. The first kappa shape index (κ1) is 34.7. The maximum Gasteiger partial charge on any atom is 0.246 e. The van der Waals surface area contributed by atoms with Crippen molar-refractivity contribution in [2.75, 3.05) is 28.2 Å². The van der Waals surface area contributed by atoms with Gasteiger partial charge in [-0.2, -0.15) is 0 Å². The molecule has 42 heavy (non-hydrogen) atoms. The third-order valence-electron chi connectivity index (χ3n) is 5.95. The molecule has 0 saturated carbocycles. The Morgan fingerprint density at radius 2 is 0.714 bits per heavy atom. The fourth-order valence-electron chi connectivity index (χ4n) is 3.99. The van der Waals surface area contributed by atoms with Crippen molar-refractivity contribution < 1.29 is 34.6 Å². The number of rotatable bonds is 9. The van der Waals surface area contributed by atoms with E-state index in [9.17, 15) is 25.9 Å². The van der Waals surface area contributed by atoms with Crippen molar-refractivity contribution in [3.8, 4) is 0 Å². The number of para-hydroxylation sites is 2. The van der Waals surface area contributed by atoms with E-state index >= 15 is 0 Å². The summed E-state index contributed by atoms with van der Waals surface area (Å²) in [5.41, 5.74) is 5.42. The molecule has 0 atom stereocenters. The predicted molar refractivity (Wildman–Crippen MR) is 162 cm³/mol. The van der Waals surface area contributed by atoms with Crippen LogP contribution in [0.5, 0.6) is 0 Å². The first-order valence-corrected chi connectivity index (χ1v) is 15.4. The standard InChI is InChI=1S/2C15H18N.H2O8S2/c2*1-16(2,15-11-7-4-8-12-15)13-14-9-5-3-6-10-14;1-9(2,3)7-8-10(4,5)6/h2*3-12H,13H2,1-2H3;(H,1,2,3)(H,4,5,6)/q2*+1;/p-2. The topological polar surface area (TPSA) is 133 Å². The second kappa shape index (κ2) is 15.7. The molecule has 0 bridgehead atoms. The van der Waals surface area contributed by atoms with Crippen molar-refractivity contribution in [1.29, 1.82) is 0 Å². The minimum Gasteiger partial charge on any atom is -0.724 e. The highest BCUT2D eigenvalue weighted by molar-refractivity contribution is 7.83. The molecule has 0 N–H and O–H groups in total. The van der Waals surface area contributed by atoms with E-state index < -0.39 is 20.8 Å². The van der Waals surface area contributed by atoms with Crippen molar-refractivity contribution in [2.45, 2.75) is 13.1 Å². The van der Waals surface area contributed by atoms with Crippen LogP contribution in [0.3, 0.4) is 0 Å². The van der Waals surface area contributed by atoms with Gasteiger partial charge in [-0.05, 0) is 24.3 Å². The zero-order valence-electron chi connectivity index (χ0n) is 23.9. The Kier molecular flexibility index (Phi) is 13.0. The Hall–Kier alpha value is -3.46. The van der Waals surface area contributed by atoms with Crippen LogP contribution in [-0.2, 0) is 42.6 Å². The molecule has 0 amide bonds. The minimum absolute atomic E-state index is 0.880. The van der Waals surface area contributed by atoms with Crippen LogP contribution in [-0.4, -0.2) is 54.1 Å². The summed E-state index contributed by atoms with van der Waals surface area (Å²) in [7, 11) is -1.66. The second-order valence-electron chi connectivity index (χ2n) is 10.3. The lowest BCUT2D eigenvalue weighted by Crippen LogP contribution is -2.39. The van der Waals surface area contributed by atoms with Crippen molar-refractivity contribution >= 4 is 32.2 Å². The predicted octanol–water partition coefficient (Wildman–Crippen LogP) is 4.76. The smallest absolute Gasteiger partial charge is 0.246 e. The van der Waals surface area contributed by atoms with Crippen molar-refractivity contribution in [3.05, 3.63) is 132 Å². The molecule has 0 spiro atoms. The fraction of sp³-hybridized carbons (Fsp3) is 0.200. The molecule has 0 radical (unpaired) electrons. The highest BCUT2D eigenvalue weighted by atomic mass is 32.3. The normalized spacial score (nSPS) is 11.9. The molecule has 4 rings (SSSR count). The van der Waals surface area contributed by atoms with Crippen LogP contribution < -0.4 is 8.97 Å². The third kappa shape index (κ3) is 13.9. The summed E-state index contributed by atoms with van der Waals surface area (Å²) in [6.45, 7) is 2.04. The summed E-state index contributed by atoms with van der Waals surface area (Å²) in [5.74, 6) is 0. The molecule has 4 aromatic carbocycles. The van der Waals surface area contributed by atoms with Crippen molar-refractivity contribution in [1.82, 2.24) is 8.97 Å². The van der Waals surface area contributed by atoms with Gasteiger partial charge in [-0.15, -0.1) is 8.67 Å². The molecular formula is C30H36N2O8S2. The Labute approximate surface area is 249 Å². The highest BCUT2D eigenvalue weighted by Crippen LogP contribution is 2.22. The van der Waals surface area contributed by atoms with Gasteiger partial charge >= 0.3 is 0 Å². The van der Waals surface area contributed by atoms with Gasteiger partial charge in [0.1, 0.15) is 24.5 Å². The lowest BCUT2D eigenvalue weighted by atomic mass is 10.2. The Bertz CT molecular complexity index is 1430. The molecule has 0 aliphatic rings. The number of hydrogen-bond acceptors (Lipinski definition) is 8. The number of quaternary nitrogens is 2. The average molecular weight is 617 g/mol. The molecule has 4 aromatic rings. The van der Waals surface area contributed by atoms with Crippen LogP contribution in [0, 0.1) is 0 Å². The third-order valence-corrected chi connectivity index (χ3v) is 6.50. The van der Waals surface area contributed by atoms with E-state index in [-0.39, 0.29) is 0 Å². The number of nitrogens with zero attached hydrogens (tertiary/aromatic N) is 2. The van der Waals surface area contributed by atoms with E-state index in [0.29, 0.717) is 0 Å². The molecule has 0 aromatic heterocycles. The van der Waals surface area contributed by atoms with E-state index in [1.807, 2.05) is 0 Å². The van der Waals surface area contributed by atoms with Crippen LogP contribution in [0.25, 0.3) is 0 Å². The number of benzene rings is 4. The molecular weight excluding hydrogens is 580 g/mol. The minimum atomic E-state index is -5.31. The highest BCUT2D eigenvalue weighted by Gasteiger charge is 2.19. The molecule has 0 heterocycles. The summed E-state index contributed by atoms with van der Waals surface area (Å²) in [6, 6.07) is 42.5. The molecule has 0 saturated heterocycles. The maximum absolute atomic E-state index is 9.37. The lowest BCUT2D eigenvalue weighted by molar-refractivity contribution is -0.107. The molecule has 10 nitrogen and oxygen atoms in total. The van der Waals surface area contributed by atoms with Gasteiger partial charge < -0.3 is 9.11 Å². The van der Waals surface area contributed by atoms with Gasteiger partial charge in [0.25, 0.3) is 0 Å². The van der Waals surface area contributed by atoms with E-state index in [1.54, 1.807) is 0 Å². The summed E-state index contributed by atoms with van der Waals surface area (Å²) < 4.78 is 63.2. The molecule has 0 fully saturated rings. The molecule has 0 aliphatic heterocycles. The summed E-state index contributed by atoms with van der Waals surface area (Å²) in [5, 5.41) is 0. The van der Waals surface area contributed by atoms with E-state index in [2.05, 4.69) is 158 Å². The summed E-state index contributed by atoms with van der Waals surface area (Å²) >= 11 is 0. The quantitative estimate of drug-likeness (QED) is 0.0864. The van der Waals surface area contributed by atoms with Crippen LogP contribution in [0.15, 0.2) is 121 Å². The first-order chi connectivity index (χ1) is 19.6. The fourth-order valence-corrected chi connectivity index (χ4v) is 4.54. The van der Waals surface area contributed by atoms with Gasteiger partial charge in [-0.3, -0.25) is 8.97 Å². The van der Waals surface area contributed by atoms with E-state index in [4.69, 9.17) is 0 Å². The van der Waals surface area contributed by atoms with Gasteiger partial charge in [0.05, 0.1) is 28.2 Å². The van der Waals surface area contributed by atoms with E-state index in [0.717, 1.165) is 22.1 Å². The van der Waals surface area contributed by atoms with Gasteiger partial charge in [0.15, 0.2) is 0 Å². The molecule has 226 valence electrons. The zero-order valence-corrected chi connectivity index (χ0v) is 25.6. The van der Waals surface area contributed by atoms with Crippen molar-refractivity contribution in [3.63, 3.8) is 0 Å². The van der Waals surface area contributed by atoms with Crippen LogP contribution in [0.4, 0.5) is 11.4 Å².